The van der Waals surface area contributed by atoms with Gasteiger partial charge in [-0.3, -0.25) is 4.79 Å². The van der Waals surface area contributed by atoms with Crippen molar-refractivity contribution in [3.05, 3.63) is 93.1 Å². The van der Waals surface area contributed by atoms with E-state index in [1.165, 1.54) is 0 Å². The molecule has 0 radical (unpaired) electrons. The molecule has 0 unspecified atom stereocenters. The molecule has 3 aromatic carbocycles. The van der Waals surface area contributed by atoms with Crippen LogP contribution in [-0.2, 0) is 13.0 Å². The van der Waals surface area contributed by atoms with Gasteiger partial charge in [-0.2, -0.15) is 0 Å². The maximum absolute atomic E-state index is 13.4. The third-order valence-corrected chi connectivity index (χ3v) is 5.37. The number of aryl methyl sites for hydroxylation is 1. The van der Waals surface area contributed by atoms with Crippen molar-refractivity contribution in [2.45, 2.75) is 20.0 Å². The average Bonchev–Trinajstić information content (AvgIpc) is 2.79. The maximum Gasteiger partial charge on any atom is 0.235 e. The Morgan fingerprint density at radius 2 is 1.77 bits per heavy atom. The Balaban J connectivity index is 1.85. The van der Waals surface area contributed by atoms with Crippen LogP contribution in [0.4, 0.5) is 0 Å². The predicted molar refractivity (Wildman–Crippen MR) is 120 cm³/mol. The topological polar surface area (TPSA) is 48.7 Å². The molecule has 0 saturated carbocycles. The number of benzene rings is 3. The van der Waals surface area contributed by atoms with Crippen molar-refractivity contribution < 1.29 is 13.9 Å². The molecule has 4 rings (SSSR count). The lowest BCUT2D eigenvalue weighted by atomic mass is 10.1. The van der Waals surface area contributed by atoms with E-state index in [0.717, 1.165) is 23.1 Å². The molecule has 4 nitrogen and oxygen atoms in total. The van der Waals surface area contributed by atoms with Crippen molar-refractivity contribution in [1.82, 2.24) is 0 Å². The third-order valence-electron chi connectivity index (χ3n) is 5.00. The van der Waals surface area contributed by atoms with E-state index >= 15 is 0 Å². The molecule has 0 atom stereocenters. The van der Waals surface area contributed by atoms with Gasteiger partial charge in [0.1, 0.15) is 17.9 Å². The molecule has 0 saturated heterocycles. The van der Waals surface area contributed by atoms with Crippen LogP contribution in [0.2, 0.25) is 5.02 Å². The Morgan fingerprint density at radius 3 is 2.47 bits per heavy atom. The summed E-state index contributed by atoms with van der Waals surface area (Å²) in [5.74, 6) is 1.26. The molecule has 152 valence electrons. The maximum atomic E-state index is 13.4. The molecule has 0 aliphatic rings. The minimum atomic E-state index is -0.204. The Bertz CT molecular complexity index is 1240. The van der Waals surface area contributed by atoms with Crippen molar-refractivity contribution in [1.29, 1.82) is 0 Å². The van der Waals surface area contributed by atoms with Gasteiger partial charge in [-0.05, 0) is 54.4 Å². The van der Waals surface area contributed by atoms with Crippen molar-refractivity contribution in [3.63, 3.8) is 0 Å². The van der Waals surface area contributed by atoms with Gasteiger partial charge >= 0.3 is 0 Å². The van der Waals surface area contributed by atoms with Crippen LogP contribution >= 0.6 is 11.6 Å². The molecule has 1 aromatic heterocycles. The molecule has 0 fully saturated rings. The van der Waals surface area contributed by atoms with Crippen LogP contribution in [0.1, 0.15) is 18.1 Å². The Morgan fingerprint density at radius 1 is 1.00 bits per heavy atom. The van der Waals surface area contributed by atoms with Crippen LogP contribution in [0.3, 0.4) is 0 Å². The lowest BCUT2D eigenvalue weighted by Gasteiger charge is -2.13. The van der Waals surface area contributed by atoms with Gasteiger partial charge in [0.05, 0.1) is 12.5 Å². The van der Waals surface area contributed by atoms with Crippen molar-refractivity contribution in [2.24, 2.45) is 0 Å². The van der Waals surface area contributed by atoms with Gasteiger partial charge in [0, 0.05) is 16.1 Å². The van der Waals surface area contributed by atoms with Crippen LogP contribution in [0, 0.1) is 0 Å². The number of rotatable bonds is 6. The van der Waals surface area contributed by atoms with E-state index in [2.05, 4.69) is 0 Å². The SMILES string of the molecule is CCc1ccc2oc(-c3ccc(OC)cc3)c(OCc3ccccc3Cl)c(=O)c2c1. The molecule has 30 heavy (non-hydrogen) atoms. The van der Waals surface area contributed by atoms with Gasteiger partial charge in [0.2, 0.25) is 11.2 Å². The molecule has 1 heterocycles. The van der Waals surface area contributed by atoms with Crippen molar-refractivity contribution in [3.8, 4) is 22.8 Å². The fourth-order valence-electron chi connectivity index (χ4n) is 3.27. The summed E-state index contributed by atoms with van der Waals surface area (Å²) in [6.45, 7) is 2.20. The minimum absolute atomic E-state index is 0.159. The lowest BCUT2D eigenvalue weighted by Crippen LogP contribution is -2.10. The van der Waals surface area contributed by atoms with Gasteiger partial charge in [-0.1, -0.05) is 42.8 Å². The standard InChI is InChI=1S/C25H21ClO4/c1-3-16-8-13-22-20(14-16)23(27)25(29-15-18-6-4-5-7-21(18)26)24(30-22)17-9-11-19(28-2)12-10-17/h4-14H,3,15H2,1-2H3. The first-order valence-electron chi connectivity index (χ1n) is 9.71. The van der Waals surface area contributed by atoms with Gasteiger partial charge in [0.15, 0.2) is 5.76 Å². The number of methoxy groups -OCH3 is 1. The number of hydrogen-bond acceptors (Lipinski definition) is 4. The first-order chi connectivity index (χ1) is 14.6. The Kier molecular flexibility index (Phi) is 5.77. The average molecular weight is 421 g/mol. The summed E-state index contributed by atoms with van der Waals surface area (Å²) in [5, 5.41) is 1.09. The number of halogens is 1. The van der Waals surface area contributed by atoms with E-state index in [0.29, 0.717) is 27.5 Å². The largest absolute Gasteiger partial charge is 0.497 e. The highest BCUT2D eigenvalue weighted by Gasteiger charge is 2.19. The molecule has 0 aliphatic carbocycles. The van der Waals surface area contributed by atoms with Gasteiger partial charge in [-0.25, -0.2) is 0 Å². The Hall–Kier alpha value is -3.24. The minimum Gasteiger partial charge on any atom is -0.497 e. The number of hydrogen-bond donors (Lipinski definition) is 0. The second kappa shape index (κ2) is 8.64. The smallest absolute Gasteiger partial charge is 0.235 e. The van der Waals surface area contributed by atoms with E-state index in [-0.39, 0.29) is 17.8 Å². The molecule has 0 amide bonds. The van der Waals surface area contributed by atoms with E-state index < -0.39 is 0 Å². The zero-order valence-electron chi connectivity index (χ0n) is 16.8. The molecule has 0 N–H and O–H groups in total. The molecule has 0 bridgehead atoms. The quantitative estimate of drug-likeness (QED) is 0.369. The van der Waals surface area contributed by atoms with Gasteiger partial charge < -0.3 is 13.9 Å². The third kappa shape index (κ3) is 3.91. The summed E-state index contributed by atoms with van der Waals surface area (Å²) in [5.41, 5.74) is 2.90. The molecule has 0 aliphatic heterocycles. The molecular formula is C25H21ClO4. The van der Waals surface area contributed by atoms with Crippen molar-refractivity contribution in [2.75, 3.05) is 7.11 Å². The summed E-state index contributed by atoms with van der Waals surface area (Å²) >= 11 is 6.26. The normalized spacial score (nSPS) is 10.9. The highest BCUT2D eigenvalue weighted by molar-refractivity contribution is 6.31. The van der Waals surface area contributed by atoms with Crippen LogP contribution < -0.4 is 14.9 Å². The summed E-state index contributed by atoms with van der Waals surface area (Å²) in [7, 11) is 1.61. The van der Waals surface area contributed by atoms with E-state index in [1.807, 2.05) is 67.6 Å². The van der Waals surface area contributed by atoms with Gasteiger partial charge in [0.25, 0.3) is 0 Å². The molecule has 4 aromatic rings. The van der Waals surface area contributed by atoms with E-state index in [1.54, 1.807) is 13.2 Å². The first kappa shape index (κ1) is 20.0. The number of ether oxygens (including phenoxy) is 2. The second-order valence-electron chi connectivity index (χ2n) is 6.88. The molecule has 5 heteroatoms. The van der Waals surface area contributed by atoms with Crippen LogP contribution in [0.15, 0.2) is 75.9 Å². The van der Waals surface area contributed by atoms with Crippen LogP contribution in [-0.4, -0.2) is 7.11 Å². The second-order valence-corrected chi connectivity index (χ2v) is 7.29. The fourth-order valence-corrected chi connectivity index (χ4v) is 3.46. The van der Waals surface area contributed by atoms with Crippen LogP contribution in [0.25, 0.3) is 22.3 Å². The summed E-state index contributed by atoms with van der Waals surface area (Å²) in [4.78, 5) is 13.4. The lowest BCUT2D eigenvalue weighted by molar-refractivity contribution is 0.298. The predicted octanol–water partition coefficient (Wildman–Crippen LogP) is 6.26. The van der Waals surface area contributed by atoms with Gasteiger partial charge in [-0.15, -0.1) is 0 Å². The van der Waals surface area contributed by atoms with Crippen molar-refractivity contribution >= 4 is 22.6 Å². The molecule has 0 spiro atoms. The summed E-state index contributed by atoms with van der Waals surface area (Å²) in [6.07, 6.45) is 0.825. The van der Waals surface area contributed by atoms with E-state index in [4.69, 9.17) is 25.5 Å². The number of fused-ring (bicyclic) bond motifs is 1. The zero-order valence-corrected chi connectivity index (χ0v) is 17.5. The monoisotopic (exact) mass is 420 g/mol. The highest BCUT2D eigenvalue weighted by Crippen LogP contribution is 2.33. The molecular weight excluding hydrogens is 400 g/mol. The summed E-state index contributed by atoms with van der Waals surface area (Å²) in [6, 6.07) is 20.4. The highest BCUT2D eigenvalue weighted by atomic mass is 35.5. The fraction of sp³-hybridized carbons (Fsp3) is 0.160. The summed E-state index contributed by atoms with van der Waals surface area (Å²) < 4.78 is 17.4. The Labute approximate surface area is 179 Å². The van der Waals surface area contributed by atoms with Crippen LogP contribution in [0.5, 0.6) is 11.5 Å². The first-order valence-corrected chi connectivity index (χ1v) is 10.1. The zero-order chi connectivity index (χ0) is 21.1. The van der Waals surface area contributed by atoms with E-state index in [9.17, 15) is 4.79 Å².